The summed E-state index contributed by atoms with van der Waals surface area (Å²) in [6.07, 6.45) is 1.63. The molecule has 162 valence electrons. The highest BCUT2D eigenvalue weighted by atomic mass is 35.5. The van der Waals surface area contributed by atoms with Gasteiger partial charge in [-0.15, -0.1) is 0 Å². The van der Waals surface area contributed by atoms with E-state index in [4.69, 9.17) is 11.6 Å². The molecule has 0 radical (unpaired) electrons. The van der Waals surface area contributed by atoms with E-state index in [1.165, 1.54) is 36.4 Å². The Kier molecular flexibility index (Phi) is 6.18. The number of benzene rings is 3. The molecule has 4 rings (SSSR count). The molecule has 1 amide bonds. The van der Waals surface area contributed by atoms with E-state index in [1.807, 2.05) is 24.1 Å². The SMILES string of the molecule is CN(Cc1nc(C(=O)Nc2ccc(F)cc2)cn1-c1ccc(Cl)cc1)c1ccc(F)cc1. The van der Waals surface area contributed by atoms with Crippen molar-refractivity contribution in [2.45, 2.75) is 6.54 Å². The van der Waals surface area contributed by atoms with Gasteiger partial charge in [0.25, 0.3) is 5.91 Å². The molecule has 3 aromatic carbocycles. The highest BCUT2D eigenvalue weighted by Crippen LogP contribution is 2.21. The minimum absolute atomic E-state index is 0.201. The topological polar surface area (TPSA) is 50.2 Å². The van der Waals surface area contributed by atoms with Crippen LogP contribution in [0.15, 0.2) is 79.0 Å². The molecule has 5 nitrogen and oxygen atoms in total. The van der Waals surface area contributed by atoms with Crippen molar-refractivity contribution in [3.63, 3.8) is 0 Å². The number of aromatic nitrogens is 2. The Labute approximate surface area is 188 Å². The van der Waals surface area contributed by atoms with E-state index < -0.39 is 5.91 Å². The van der Waals surface area contributed by atoms with Crippen LogP contribution in [0.3, 0.4) is 0 Å². The van der Waals surface area contributed by atoms with Crippen molar-refractivity contribution < 1.29 is 13.6 Å². The molecule has 1 heterocycles. The lowest BCUT2D eigenvalue weighted by Gasteiger charge is -2.19. The minimum atomic E-state index is -0.421. The third kappa shape index (κ3) is 4.95. The summed E-state index contributed by atoms with van der Waals surface area (Å²) in [5.74, 6) is -0.524. The summed E-state index contributed by atoms with van der Waals surface area (Å²) in [5.41, 5.74) is 2.24. The lowest BCUT2D eigenvalue weighted by atomic mass is 10.3. The van der Waals surface area contributed by atoms with Gasteiger partial charge in [-0.05, 0) is 72.8 Å². The zero-order valence-electron chi connectivity index (χ0n) is 17.1. The molecular weight excluding hydrogens is 434 g/mol. The molecule has 0 aliphatic carbocycles. The monoisotopic (exact) mass is 452 g/mol. The Morgan fingerprint density at radius 3 is 2.19 bits per heavy atom. The van der Waals surface area contributed by atoms with Gasteiger partial charge in [0.2, 0.25) is 0 Å². The van der Waals surface area contributed by atoms with Crippen molar-refractivity contribution >= 4 is 28.9 Å². The van der Waals surface area contributed by atoms with Crippen molar-refractivity contribution in [2.75, 3.05) is 17.3 Å². The molecule has 4 aromatic rings. The van der Waals surface area contributed by atoms with Gasteiger partial charge < -0.3 is 14.8 Å². The molecule has 0 fully saturated rings. The predicted octanol–water partition coefficient (Wildman–Crippen LogP) is 5.69. The van der Waals surface area contributed by atoms with Crippen molar-refractivity contribution in [1.82, 2.24) is 9.55 Å². The van der Waals surface area contributed by atoms with E-state index in [2.05, 4.69) is 10.3 Å². The van der Waals surface area contributed by atoms with Crippen LogP contribution in [0.2, 0.25) is 5.02 Å². The highest BCUT2D eigenvalue weighted by molar-refractivity contribution is 6.30. The molecule has 0 saturated carbocycles. The fourth-order valence-electron chi connectivity index (χ4n) is 3.19. The first-order valence-electron chi connectivity index (χ1n) is 9.77. The van der Waals surface area contributed by atoms with Gasteiger partial charge >= 0.3 is 0 Å². The second kappa shape index (κ2) is 9.20. The zero-order valence-corrected chi connectivity index (χ0v) is 17.9. The Bertz CT molecular complexity index is 1220. The Hall–Kier alpha value is -3.71. The van der Waals surface area contributed by atoms with Crippen molar-refractivity contribution in [3.05, 3.63) is 107 Å². The van der Waals surface area contributed by atoms with Gasteiger partial charge in [-0.2, -0.15) is 0 Å². The van der Waals surface area contributed by atoms with Crippen LogP contribution in [-0.2, 0) is 6.54 Å². The van der Waals surface area contributed by atoms with E-state index in [0.717, 1.165) is 11.4 Å². The van der Waals surface area contributed by atoms with Crippen LogP contribution in [0.25, 0.3) is 5.69 Å². The molecule has 32 heavy (non-hydrogen) atoms. The fourth-order valence-corrected chi connectivity index (χ4v) is 3.32. The lowest BCUT2D eigenvalue weighted by molar-refractivity contribution is 0.102. The van der Waals surface area contributed by atoms with E-state index in [1.54, 1.807) is 35.0 Å². The number of hydrogen-bond donors (Lipinski definition) is 1. The normalized spacial score (nSPS) is 10.8. The molecule has 0 saturated heterocycles. The Balaban J connectivity index is 1.64. The molecule has 0 unspecified atom stereocenters. The molecule has 8 heteroatoms. The van der Waals surface area contributed by atoms with Crippen LogP contribution in [0.4, 0.5) is 20.2 Å². The first-order chi connectivity index (χ1) is 15.4. The summed E-state index contributed by atoms with van der Waals surface area (Å²) in [6.45, 7) is 0.359. The van der Waals surface area contributed by atoms with Gasteiger partial charge in [-0.1, -0.05) is 11.6 Å². The average molecular weight is 453 g/mol. The number of carbonyl (C=O) groups is 1. The maximum atomic E-state index is 13.3. The number of halogens is 3. The van der Waals surface area contributed by atoms with Crippen molar-refractivity contribution in [3.8, 4) is 5.69 Å². The number of imidazole rings is 1. The minimum Gasteiger partial charge on any atom is -0.367 e. The third-order valence-electron chi connectivity index (χ3n) is 4.86. The highest BCUT2D eigenvalue weighted by Gasteiger charge is 2.17. The zero-order chi connectivity index (χ0) is 22.7. The van der Waals surface area contributed by atoms with Crippen LogP contribution in [0.5, 0.6) is 0 Å². The van der Waals surface area contributed by atoms with Gasteiger partial charge in [0.05, 0.1) is 6.54 Å². The van der Waals surface area contributed by atoms with Crippen LogP contribution in [0.1, 0.15) is 16.3 Å². The molecular formula is C24H19ClF2N4O. The summed E-state index contributed by atoms with van der Waals surface area (Å²) in [6, 6.07) is 18.8. The largest absolute Gasteiger partial charge is 0.367 e. The summed E-state index contributed by atoms with van der Waals surface area (Å²) in [5, 5.41) is 3.31. The molecule has 0 aliphatic heterocycles. The van der Waals surface area contributed by atoms with Gasteiger partial charge in [0.1, 0.15) is 23.2 Å². The Morgan fingerprint density at radius 2 is 1.56 bits per heavy atom. The lowest BCUT2D eigenvalue weighted by Crippen LogP contribution is -2.19. The standard InChI is InChI=1S/C24H19ClF2N4O/c1-30(20-12-6-18(27)7-13-20)15-23-29-22(14-31(23)21-10-2-16(25)3-11-21)24(32)28-19-8-4-17(26)5-9-19/h2-14H,15H2,1H3,(H,28,32). The molecule has 1 N–H and O–H groups in total. The first kappa shape index (κ1) is 21.5. The van der Waals surface area contributed by atoms with Crippen molar-refractivity contribution in [1.29, 1.82) is 0 Å². The molecule has 1 aromatic heterocycles. The number of nitrogens with zero attached hydrogens (tertiary/aromatic N) is 3. The molecule has 0 aliphatic rings. The maximum Gasteiger partial charge on any atom is 0.275 e. The fraction of sp³-hybridized carbons (Fsp3) is 0.0833. The van der Waals surface area contributed by atoms with Crippen LogP contribution < -0.4 is 10.2 Å². The summed E-state index contributed by atoms with van der Waals surface area (Å²) >= 11 is 6.02. The molecule has 0 atom stereocenters. The smallest absolute Gasteiger partial charge is 0.275 e. The number of carbonyl (C=O) groups excluding carboxylic acids is 1. The first-order valence-corrected chi connectivity index (χ1v) is 10.1. The van der Waals surface area contributed by atoms with Crippen LogP contribution in [-0.4, -0.2) is 22.5 Å². The number of rotatable bonds is 6. The maximum absolute atomic E-state index is 13.3. The van der Waals surface area contributed by atoms with Gasteiger partial charge in [-0.25, -0.2) is 13.8 Å². The second-order valence-electron chi connectivity index (χ2n) is 7.18. The van der Waals surface area contributed by atoms with Crippen molar-refractivity contribution in [2.24, 2.45) is 0 Å². The van der Waals surface area contributed by atoms with E-state index in [-0.39, 0.29) is 17.3 Å². The van der Waals surface area contributed by atoms with Gasteiger partial charge in [-0.3, -0.25) is 4.79 Å². The molecule has 0 spiro atoms. The predicted molar refractivity (Wildman–Crippen MR) is 121 cm³/mol. The average Bonchev–Trinajstić information content (AvgIpc) is 3.20. The van der Waals surface area contributed by atoms with Crippen LogP contribution in [0, 0.1) is 11.6 Å². The number of nitrogens with one attached hydrogen (secondary N) is 1. The molecule has 0 bridgehead atoms. The quantitative estimate of drug-likeness (QED) is 0.408. The second-order valence-corrected chi connectivity index (χ2v) is 7.62. The van der Waals surface area contributed by atoms with E-state index >= 15 is 0 Å². The van der Waals surface area contributed by atoms with E-state index in [9.17, 15) is 13.6 Å². The number of hydrogen-bond acceptors (Lipinski definition) is 3. The summed E-state index contributed by atoms with van der Waals surface area (Å²) in [4.78, 5) is 19.2. The summed E-state index contributed by atoms with van der Waals surface area (Å²) in [7, 11) is 1.85. The third-order valence-corrected chi connectivity index (χ3v) is 5.12. The number of amides is 1. The Morgan fingerprint density at radius 1 is 0.969 bits per heavy atom. The van der Waals surface area contributed by atoms with Gasteiger partial charge in [0.15, 0.2) is 0 Å². The van der Waals surface area contributed by atoms with E-state index in [0.29, 0.717) is 23.1 Å². The van der Waals surface area contributed by atoms with Crippen LogP contribution >= 0.6 is 11.6 Å². The number of anilines is 2. The summed E-state index contributed by atoms with van der Waals surface area (Å²) < 4.78 is 28.2. The van der Waals surface area contributed by atoms with Gasteiger partial charge in [0, 0.05) is 35.3 Å².